The second-order valence-corrected chi connectivity index (χ2v) is 9.43. The molecule has 0 spiro atoms. The molecule has 2 N–H and O–H groups in total. The summed E-state index contributed by atoms with van der Waals surface area (Å²) in [5.41, 5.74) is 0.347. The van der Waals surface area contributed by atoms with Crippen molar-refractivity contribution >= 4 is 33.4 Å². The maximum absolute atomic E-state index is 12.8. The Bertz CT molecular complexity index is 973. The van der Waals surface area contributed by atoms with Gasteiger partial charge in [-0.15, -0.1) is 10.2 Å². The Kier molecular flexibility index (Phi) is 6.96. The molecular formula is C16H20F3N5O3S2. The van der Waals surface area contributed by atoms with Crippen LogP contribution in [-0.2, 0) is 28.0 Å². The fraction of sp³-hybridized carbons (Fsp3) is 0.438. The third kappa shape index (κ3) is 5.93. The molecule has 2 aromatic rings. The molecule has 160 valence electrons. The number of rotatable bonds is 7. The topological polar surface area (TPSA) is 106 Å². The average Bonchev–Trinajstić information content (AvgIpc) is 2.95. The summed E-state index contributed by atoms with van der Waals surface area (Å²) < 4.78 is 65.7. The van der Waals surface area contributed by atoms with E-state index in [0.29, 0.717) is 5.69 Å². The zero-order chi connectivity index (χ0) is 22.0. The maximum Gasteiger partial charge on any atom is 0.451 e. The van der Waals surface area contributed by atoms with Crippen molar-refractivity contribution in [2.45, 2.75) is 48.3 Å². The number of anilines is 1. The lowest BCUT2D eigenvalue weighted by atomic mass is 10.3. The summed E-state index contributed by atoms with van der Waals surface area (Å²) in [6.07, 6.45) is -4.64. The van der Waals surface area contributed by atoms with Gasteiger partial charge in [0.05, 0.1) is 10.1 Å². The highest BCUT2D eigenvalue weighted by atomic mass is 32.2. The first-order valence-electron chi connectivity index (χ1n) is 8.37. The van der Waals surface area contributed by atoms with Gasteiger partial charge in [-0.3, -0.25) is 4.79 Å². The van der Waals surface area contributed by atoms with E-state index in [4.69, 9.17) is 0 Å². The number of sulfonamides is 1. The van der Waals surface area contributed by atoms with E-state index < -0.39 is 33.2 Å². The number of thioether (sulfide) groups is 1. The van der Waals surface area contributed by atoms with E-state index in [1.165, 1.54) is 38.2 Å². The number of hydrogen-bond donors (Lipinski definition) is 2. The van der Waals surface area contributed by atoms with Crippen molar-refractivity contribution in [3.8, 4) is 0 Å². The molecule has 0 saturated carbocycles. The second kappa shape index (κ2) is 8.71. The van der Waals surface area contributed by atoms with Crippen molar-refractivity contribution in [2.75, 3.05) is 5.32 Å². The Hall–Kier alpha value is -2.12. The van der Waals surface area contributed by atoms with Crippen LogP contribution < -0.4 is 10.0 Å². The van der Waals surface area contributed by atoms with Crippen LogP contribution in [0.2, 0.25) is 0 Å². The highest BCUT2D eigenvalue weighted by Gasteiger charge is 2.37. The summed E-state index contributed by atoms with van der Waals surface area (Å²) in [6.45, 7) is 4.90. The fourth-order valence-corrected chi connectivity index (χ4v) is 4.28. The molecular weight excluding hydrogens is 431 g/mol. The number of aromatic nitrogens is 3. The summed E-state index contributed by atoms with van der Waals surface area (Å²) in [4.78, 5) is 12.4. The number of nitrogens with one attached hydrogen (secondary N) is 2. The van der Waals surface area contributed by atoms with Crippen LogP contribution in [0.3, 0.4) is 0 Å². The third-order valence-electron chi connectivity index (χ3n) is 3.56. The van der Waals surface area contributed by atoms with E-state index >= 15 is 0 Å². The molecule has 1 heterocycles. The van der Waals surface area contributed by atoms with Crippen molar-refractivity contribution in [2.24, 2.45) is 7.05 Å². The minimum Gasteiger partial charge on any atom is -0.325 e. The molecule has 2 rings (SSSR count). The molecule has 0 unspecified atom stereocenters. The van der Waals surface area contributed by atoms with Crippen LogP contribution in [0.25, 0.3) is 0 Å². The molecule has 13 heteroatoms. The summed E-state index contributed by atoms with van der Waals surface area (Å²) >= 11 is 0.820. The predicted molar refractivity (Wildman–Crippen MR) is 102 cm³/mol. The summed E-state index contributed by atoms with van der Waals surface area (Å²) in [7, 11) is -2.49. The molecule has 0 bridgehead atoms. The van der Waals surface area contributed by atoms with Crippen molar-refractivity contribution in [3.05, 3.63) is 30.1 Å². The van der Waals surface area contributed by atoms with Gasteiger partial charge in [-0.05, 0) is 45.0 Å². The standard InChI is InChI=1S/C16H20F3N5O3S2/c1-9(2)23-29(26,27)12-7-5-11(6-8-12)20-13(25)10(3)28-15-22-21-14(24(15)4)16(17,18)19/h5-10,23H,1-4H3,(H,20,25)/t10-/m0/s1. The van der Waals surface area contributed by atoms with Gasteiger partial charge in [0.15, 0.2) is 5.16 Å². The van der Waals surface area contributed by atoms with Gasteiger partial charge < -0.3 is 9.88 Å². The lowest BCUT2D eigenvalue weighted by Crippen LogP contribution is -2.30. The molecule has 0 saturated heterocycles. The molecule has 1 aromatic carbocycles. The first-order valence-corrected chi connectivity index (χ1v) is 10.7. The zero-order valence-corrected chi connectivity index (χ0v) is 17.6. The first-order chi connectivity index (χ1) is 13.3. The number of amides is 1. The van der Waals surface area contributed by atoms with E-state index in [1.54, 1.807) is 13.8 Å². The van der Waals surface area contributed by atoms with Crippen LogP contribution in [0.5, 0.6) is 0 Å². The zero-order valence-electron chi connectivity index (χ0n) is 16.0. The Labute approximate surface area is 170 Å². The van der Waals surface area contributed by atoms with Crippen LogP contribution in [0.1, 0.15) is 26.6 Å². The fourth-order valence-electron chi connectivity index (χ4n) is 2.22. The molecule has 29 heavy (non-hydrogen) atoms. The minimum absolute atomic E-state index is 0.0467. The minimum atomic E-state index is -4.64. The molecule has 0 aliphatic heterocycles. The van der Waals surface area contributed by atoms with Crippen LogP contribution in [0.15, 0.2) is 34.3 Å². The van der Waals surface area contributed by atoms with E-state index in [-0.39, 0.29) is 16.1 Å². The molecule has 1 aromatic heterocycles. The van der Waals surface area contributed by atoms with E-state index in [1.807, 2.05) is 0 Å². The van der Waals surface area contributed by atoms with Gasteiger partial charge in [-0.25, -0.2) is 13.1 Å². The van der Waals surface area contributed by atoms with Gasteiger partial charge in [0, 0.05) is 18.8 Å². The van der Waals surface area contributed by atoms with Gasteiger partial charge in [-0.2, -0.15) is 13.2 Å². The van der Waals surface area contributed by atoms with Crippen molar-refractivity contribution in [3.63, 3.8) is 0 Å². The van der Waals surface area contributed by atoms with E-state index in [9.17, 15) is 26.4 Å². The molecule has 1 amide bonds. The van der Waals surface area contributed by atoms with Gasteiger partial charge in [0.2, 0.25) is 21.8 Å². The third-order valence-corrected chi connectivity index (χ3v) is 6.37. The summed E-state index contributed by atoms with van der Waals surface area (Å²) in [5.74, 6) is -1.64. The summed E-state index contributed by atoms with van der Waals surface area (Å²) in [6, 6.07) is 5.27. The smallest absolute Gasteiger partial charge is 0.325 e. The Morgan fingerprint density at radius 3 is 2.21 bits per heavy atom. The van der Waals surface area contributed by atoms with Crippen LogP contribution >= 0.6 is 11.8 Å². The lowest BCUT2D eigenvalue weighted by molar-refractivity contribution is -0.147. The van der Waals surface area contributed by atoms with Crippen molar-refractivity contribution in [1.29, 1.82) is 0 Å². The molecule has 0 radical (unpaired) electrons. The Balaban J connectivity index is 2.04. The SMILES string of the molecule is CC(C)NS(=O)(=O)c1ccc(NC(=O)[C@H](C)Sc2nnc(C(F)(F)F)n2C)cc1. The van der Waals surface area contributed by atoms with Crippen molar-refractivity contribution in [1.82, 2.24) is 19.5 Å². The molecule has 0 fully saturated rings. The molecule has 8 nitrogen and oxygen atoms in total. The second-order valence-electron chi connectivity index (χ2n) is 6.41. The van der Waals surface area contributed by atoms with Crippen LogP contribution in [-0.4, -0.2) is 40.4 Å². The van der Waals surface area contributed by atoms with E-state index in [2.05, 4.69) is 20.2 Å². The molecule has 1 atom stereocenters. The largest absolute Gasteiger partial charge is 0.451 e. The van der Waals surface area contributed by atoms with Crippen molar-refractivity contribution < 1.29 is 26.4 Å². The normalized spacial score (nSPS) is 13.5. The van der Waals surface area contributed by atoms with Gasteiger partial charge in [0.1, 0.15) is 0 Å². The van der Waals surface area contributed by atoms with Crippen LogP contribution in [0.4, 0.5) is 18.9 Å². The predicted octanol–water partition coefficient (Wildman–Crippen LogP) is 2.64. The number of carbonyl (C=O) groups excluding carboxylic acids is 1. The number of carbonyl (C=O) groups is 1. The first kappa shape index (κ1) is 23.2. The quantitative estimate of drug-likeness (QED) is 0.627. The average molecular weight is 451 g/mol. The molecule has 0 aliphatic rings. The maximum atomic E-state index is 12.8. The highest BCUT2D eigenvalue weighted by Crippen LogP contribution is 2.31. The van der Waals surface area contributed by atoms with Gasteiger partial charge >= 0.3 is 6.18 Å². The molecule has 0 aliphatic carbocycles. The number of benzene rings is 1. The highest BCUT2D eigenvalue weighted by molar-refractivity contribution is 8.00. The van der Waals surface area contributed by atoms with Gasteiger partial charge in [0.25, 0.3) is 0 Å². The number of halogens is 3. The number of alkyl halides is 3. The number of nitrogens with zero attached hydrogens (tertiary/aromatic N) is 3. The lowest BCUT2D eigenvalue weighted by Gasteiger charge is -2.13. The summed E-state index contributed by atoms with van der Waals surface area (Å²) in [5, 5.41) is 8.34. The van der Waals surface area contributed by atoms with E-state index in [0.717, 1.165) is 16.3 Å². The Morgan fingerprint density at radius 1 is 1.14 bits per heavy atom. The Morgan fingerprint density at radius 2 is 1.72 bits per heavy atom. The van der Waals surface area contributed by atoms with Crippen LogP contribution in [0, 0.1) is 0 Å². The van der Waals surface area contributed by atoms with Gasteiger partial charge in [-0.1, -0.05) is 11.8 Å². The number of hydrogen-bond acceptors (Lipinski definition) is 6. The monoisotopic (exact) mass is 451 g/mol.